The van der Waals surface area contributed by atoms with Gasteiger partial charge in [0, 0.05) is 22.4 Å². The number of ether oxygens (including phenoxy) is 2. The fourth-order valence-electron chi connectivity index (χ4n) is 5.59. The Hall–Kier alpha value is -3.01. The van der Waals surface area contributed by atoms with Crippen LogP contribution in [0.5, 0.6) is 0 Å². The van der Waals surface area contributed by atoms with Gasteiger partial charge in [0.1, 0.15) is 13.8 Å². The van der Waals surface area contributed by atoms with Gasteiger partial charge in [-0.2, -0.15) is 0 Å². The van der Waals surface area contributed by atoms with Gasteiger partial charge < -0.3 is 19.8 Å². The molecule has 2 N–H and O–H groups in total. The van der Waals surface area contributed by atoms with Crippen molar-refractivity contribution in [3.8, 4) is 11.4 Å². The summed E-state index contributed by atoms with van der Waals surface area (Å²) in [6.07, 6.45) is 0.849. The van der Waals surface area contributed by atoms with Crippen LogP contribution in [0.25, 0.3) is 22.3 Å². The molecule has 0 radical (unpaired) electrons. The Morgan fingerprint density at radius 3 is 2.76 bits per heavy atom. The van der Waals surface area contributed by atoms with Crippen molar-refractivity contribution < 1.29 is 19.1 Å². The molecule has 0 aliphatic carbocycles. The third kappa shape index (κ3) is 4.00. The monoisotopic (exact) mass is 539 g/mol. The summed E-state index contributed by atoms with van der Waals surface area (Å²) in [7, 11) is -2.35. The lowest BCUT2D eigenvalue weighted by atomic mass is 9.85. The number of cyclic esters (lactones) is 1. The number of rotatable bonds is 7. The van der Waals surface area contributed by atoms with E-state index >= 15 is 0 Å². The highest BCUT2D eigenvalue weighted by Crippen LogP contribution is 2.47. The van der Waals surface area contributed by atoms with Crippen LogP contribution < -0.4 is 11.3 Å². The molecule has 10 heteroatoms. The number of para-hydroxylation sites is 1. The summed E-state index contributed by atoms with van der Waals surface area (Å²) in [6, 6.07) is 12.4. The maximum absolute atomic E-state index is 14.2. The third-order valence-corrected chi connectivity index (χ3v) is 11.3. The van der Waals surface area contributed by atoms with Gasteiger partial charge in [0.2, 0.25) is 5.60 Å². The minimum Gasteiger partial charge on any atom is -0.458 e. The largest absolute Gasteiger partial charge is 0.458 e. The highest BCUT2D eigenvalue weighted by atomic mass is 35.5. The summed E-state index contributed by atoms with van der Waals surface area (Å²) < 4.78 is 13.5. The SMILES string of the molecule is CCC1(OC(=O)CN)C(=O)OC([Si](C)(C)CCCCl)c2c1cc1n(c2=O)Cc2cc3ccccc3nc2-1. The molecular weight excluding hydrogens is 510 g/mol. The molecule has 2 aliphatic rings. The molecule has 3 aromatic rings. The lowest BCUT2D eigenvalue weighted by molar-refractivity contribution is -0.189. The summed E-state index contributed by atoms with van der Waals surface area (Å²) in [5.41, 5.74) is 6.62. The number of halogens is 1. The molecule has 2 aromatic heterocycles. The fourth-order valence-corrected chi connectivity index (χ4v) is 8.78. The first-order chi connectivity index (χ1) is 17.7. The number of fused-ring (bicyclic) bond motifs is 5. The van der Waals surface area contributed by atoms with Gasteiger partial charge in [-0.3, -0.25) is 9.59 Å². The number of pyridine rings is 2. The molecule has 0 bridgehead atoms. The van der Waals surface area contributed by atoms with E-state index in [0.717, 1.165) is 28.9 Å². The number of carbonyl (C=O) groups excluding carboxylic acids is 2. The average Bonchev–Trinajstić information content (AvgIpc) is 3.25. The number of hydrogen-bond donors (Lipinski definition) is 1. The van der Waals surface area contributed by atoms with Gasteiger partial charge in [0.15, 0.2) is 0 Å². The zero-order valence-electron chi connectivity index (χ0n) is 21.2. The average molecular weight is 540 g/mol. The van der Waals surface area contributed by atoms with Crippen molar-refractivity contribution in [2.45, 2.75) is 56.8 Å². The van der Waals surface area contributed by atoms with Gasteiger partial charge in [-0.05, 0) is 31.0 Å². The number of carbonyl (C=O) groups is 2. The Labute approximate surface area is 220 Å². The van der Waals surface area contributed by atoms with Crippen molar-refractivity contribution in [3.05, 3.63) is 63.4 Å². The molecular formula is C27H30ClN3O5Si. The van der Waals surface area contributed by atoms with Crippen LogP contribution >= 0.6 is 11.6 Å². The molecule has 2 aliphatic heterocycles. The molecule has 0 amide bonds. The zero-order valence-corrected chi connectivity index (χ0v) is 22.9. The Morgan fingerprint density at radius 1 is 1.30 bits per heavy atom. The molecule has 0 fully saturated rings. The van der Waals surface area contributed by atoms with E-state index in [9.17, 15) is 14.4 Å². The second-order valence-corrected chi connectivity index (χ2v) is 15.7. The van der Waals surface area contributed by atoms with E-state index in [-0.39, 0.29) is 12.0 Å². The van der Waals surface area contributed by atoms with Crippen LogP contribution in [0.3, 0.4) is 0 Å². The number of alkyl halides is 1. The standard InChI is InChI=1S/C27H30ClN3O5Si/c1-4-27(36-21(32)14-29)18-13-20-23-17(12-16-8-5-6-9-19(16)30-23)15-31(20)24(33)22(18)25(35-26(27)34)37(2,3)11-7-10-28/h5-6,8-9,12-13,25H,4,7,10-11,14-15,29H2,1-3H3. The molecule has 194 valence electrons. The predicted octanol–water partition coefficient (Wildman–Crippen LogP) is 4.01. The maximum Gasteiger partial charge on any atom is 0.355 e. The van der Waals surface area contributed by atoms with Gasteiger partial charge in [-0.25, -0.2) is 9.78 Å². The van der Waals surface area contributed by atoms with Crippen molar-refractivity contribution in [2.24, 2.45) is 5.73 Å². The minimum atomic E-state index is -2.35. The van der Waals surface area contributed by atoms with Gasteiger partial charge >= 0.3 is 11.9 Å². The number of esters is 2. The molecule has 2 atom stereocenters. The first kappa shape index (κ1) is 25.6. The lowest BCUT2D eigenvalue weighted by Crippen LogP contribution is -2.54. The summed E-state index contributed by atoms with van der Waals surface area (Å²) in [4.78, 5) is 45.2. The van der Waals surface area contributed by atoms with E-state index in [2.05, 4.69) is 13.1 Å². The van der Waals surface area contributed by atoms with Crippen LogP contribution in [0.15, 0.2) is 41.2 Å². The minimum absolute atomic E-state index is 0.0991. The van der Waals surface area contributed by atoms with Gasteiger partial charge in [-0.15, -0.1) is 11.6 Å². The van der Waals surface area contributed by atoms with Crippen LogP contribution in [0.2, 0.25) is 19.1 Å². The van der Waals surface area contributed by atoms with E-state index in [0.29, 0.717) is 34.9 Å². The lowest BCUT2D eigenvalue weighted by Gasteiger charge is -2.43. The molecule has 2 unspecified atom stereocenters. The number of benzene rings is 1. The van der Waals surface area contributed by atoms with Crippen molar-refractivity contribution in [1.29, 1.82) is 0 Å². The number of hydrogen-bond acceptors (Lipinski definition) is 7. The molecule has 5 rings (SSSR count). The topological polar surface area (TPSA) is 114 Å². The van der Waals surface area contributed by atoms with Gasteiger partial charge in [0.25, 0.3) is 5.56 Å². The van der Waals surface area contributed by atoms with E-state index in [1.807, 2.05) is 30.3 Å². The number of nitrogens with two attached hydrogens (primary N) is 1. The summed E-state index contributed by atoms with van der Waals surface area (Å²) in [5, 5.41) is 0.984. The number of nitrogens with zero attached hydrogens (tertiary/aromatic N) is 2. The van der Waals surface area contributed by atoms with Crippen molar-refractivity contribution in [3.63, 3.8) is 0 Å². The van der Waals surface area contributed by atoms with Gasteiger partial charge in [0.05, 0.1) is 35.6 Å². The van der Waals surface area contributed by atoms with Crippen molar-refractivity contribution in [2.75, 3.05) is 12.4 Å². The van der Waals surface area contributed by atoms with E-state index in [1.54, 1.807) is 17.6 Å². The predicted molar refractivity (Wildman–Crippen MR) is 144 cm³/mol. The molecule has 1 aromatic carbocycles. The highest BCUT2D eigenvalue weighted by Gasteiger charge is 2.56. The molecule has 4 heterocycles. The van der Waals surface area contributed by atoms with Crippen LogP contribution in [0.1, 0.15) is 42.2 Å². The molecule has 37 heavy (non-hydrogen) atoms. The maximum atomic E-state index is 14.2. The fraction of sp³-hybridized carbons (Fsp3) is 0.407. The normalized spacial score (nSPS) is 20.2. The second-order valence-electron chi connectivity index (χ2n) is 10.4. The smallest absolute Gasteiger partial charge is 0.355 e. The first-order valence-corrected chi connectivity index (χ1v) is 16.3. The van der Waals surface area contributed by atoms with E-state index in [1.165, 1.54) is 0 Å². The third-order valence-electron chi connectivity index (χ3n) is 7.58. The first-order valence-electron chi connectivity index (χ1n) is 12.5. The molecule has 8 nitrogen and oxygen atoms in total. The summed E-state index contributed by atoms with van der Waals surface area (Å²) in [5.74, 6) is -0.934. The van der Waals surface area contributed by atoms with Crippen LogP contribution in [-0.4, -0.2) is 42.0 Å². The zero-order chi connectivity index (χ0) is 26.5. The summed E-state index contributed by atoms with van der Waals surface area (Å²) in [6.45, 7) is 5.87. The van der Waals surface area contributed by atoms with Crippen molar-refractivity contribution in [1.82, 2.24) is 9.55 Å². The van der Waals surface area contributed by atoms with Crippen LogP contribution in [0.4, 0.5) is 0 Å². The van der Waals surface area contributed by atoms with E-state index in [4.69, 9.17) is 31.8 Å². The van der Waals surface area contributed by atoms with Gasteiger partial charge in [-0.1, -0.05) is 44.3 Å². The Balaban J connectivity index is 1.79. The quantitative estimate of drug-likeness (QED) is 0.214. The molecule has 0 saturated carbocycles. The molecule has 0 saturated heterocycles. The Morgan fingerprint density at radius 2 is 2.05 bits per heavy atom. The summed E-state index contributed by atoms with van der Waals surface area (Å²) >= 11 is 5.99. The second kappa shape index (κ2) is 9.38. The highest BCUT2D eigenvalue weighted by molar-refractivity contribution is 6.78. The Kier molecular flexibility index (Phi) is 6.50. The van der Waals surface area contributed by atoms with Crippen molar-refractivity contribution >= 4 is 42.5 Å². The van der Waals surface area contributed by atoms with Crippen LogP contribution in [0, 0.1) is 0 Å². The van der Waals surface area contributed by atoms with E-state index < -0.39 is 37.9 Å². The molecule has 0 spiro atoms. The van der Waals surface area contributed by atoms with Crippen LogP contribution in [-0.2, 0) is 31.2 Å². The Bertz CT molecular complexity index is 1490. The number of aromatic nitrogens is 2.